The lowest BCUT2D eigenvalue weighted by Crippen LogP contribution is -2.28. The largest absolute Gasteiger partial charge is 0.0808 e. The summed E-state index contributed by atoms with van der Waals surface area (Å²) in [5, 5.41) is 0. The Morgan fingerprint density at radius 2 is 1.45 bits per heavy atom. The summed E-state index contributed by atoms with van der Waals surface area (Å²) in [6.07, 6.45) is 30.9. The van der Waals surface area contributed by atoms with E-state index >= 15 is 0 Å². The van der Waals surface area contributed by atoms with Gasteiger partial charge in [0.15, 0.2) is 0 Å². The second kappa shape index (κ2) is 11.8. The lowest BCUT2D eigenvalue weighted by Gasteiger charge is -2.40. The van der Waals surface area contributed by atoms with Crippen molar-refractivity contribution < 1.29 is 0 Å². The highest BCUT2D eigenvalue weighted by Crippen LogP contribution is 2.65. The normalized spacial score (nSPS) is 29.5. The molecule has 0 heteroatoms. The van der Waals surface area contributed by atoms with Gasteiger partial charge in [-0.3, -0.25) is 0 Å². The van der Waals surface area contributed by atoms with Crippen LogP contribution in [-0.4, -0.2) is 0 Å². The number of allylic oxidation sites excluding steroid dienone is 20. The highest BCUT2D eigenvalue weighted by Gasteiger charge is 2.52. The third-order valence-corrected chi connectivity index (χ3v) is 16.7. The molecule has 12 rings (SSSR count). The molecule has 0 radical (unpaired) electrons. The molecule has 0 amide bonds. The molecule has 0 N–H and O–H groups in total. The molecular formula is C58H56. The average Bonchev–Trinajstić information content (AvgIpc) is 3.72. The van der Waals surface area contributed by atoms with Gasteiger partial charge >= 0.3 is 0 Å². The highest BCUT2D eigenvalue weighted by molar-refractivity contribution is 5.92. The molecule has 9 aliphatic carbocycles. The van der Waals surface area contributed by atoms with Gasteiger partial charge in [0, 0.05) is 28.6 Å². The van der Waals surface area contributed by atoms with Crippen LogP contribution in [0.1, 0.15) is 137 Å². The van der Waals surface area contributed by atoms with Crippen LogP contribution in [0, 0.1) is 17.8 Å². The lowest BCUT2D eigenvalue weighted by atomic mass is 9.63. The first-order valence-electron chi connectivity index (χ1n) is 22.4. The van der Waals surface area contributed by atoms with Crippen molar-refractivity contribution in [2.24, 2.45) is 17.8 Å². The van der Waals surface area contributed by atoms with Gasteiger partial charge in [0.1, 0.15) is 0 Å². The Kier molecular flexibility index (Phi) is 7.15. The Bertz CT molecular complexity index is 2740. The number of hydrogen-bond donors (Lipinski definition) is 0. The highest BCUT2D eigenvalue weighted by atomic mass is 14.6. The van der Waals surface area contributed by atoms with Crippen molar-refractivity contribution in [1.82, 2.24) is 0 Å². The van der Waals surface area contributed by atoms with Crippen molar-refractivity contribution in [3.05, 3.63) is 205 Å². The molecule has 5 unspecified atom stereocenters. The molecular weight excluding hydrogens is 697 g/mol. The first kappa shape index (κ1) is 35.0. The van der Waals surface area contributed by atoms with Gasteiger partial charge in [-0.1, -0.05) is 181 Å². The average molecular weight is 753 g/mol. The maximum atomic E-state index is 2.71. The van der Waals surface area contributed by atoms with Gasteiger partial charge in [-0.2, -0.15) is 0 Å². The third-order valence-electron chi connectivity index (χ3n) is 16.7. The van der Waals surface area contributed by atoms with Crippen LogP contribution in [0.3, 0.4) is 0 Å². The van der Waals surface area contributed by atoms with Gasteiger partial charge in [-0.25, -0.2) is 0 Å². The molecule has 0 saturated heterocycles. The second-order valence-corrected chi connectivity index (χ2v) is 20.8. The molecule has 3 aromatic carbocycles. The van der Waals surface area contributed by atoms with Crippen LogP contribution in [0.2, 0.25) is 0 Å². The van der Waals surface area contributed by atoms with E-state index in [1.165, 1.54) is 50.1 Å². The minimum Gasteiger partial charge on any atom is -0.0808 e. The van der Waals surface area contributed by atoms with Crippen LogP contribution in [-0.2, 0) is 16.2 Å². The Balaban J connectivity index is 1.01. The number of hydrogen-bond acceptors (Lipinski definition) is 0. The smallest absolute Gasteiger partial charge is 0.0134 e. The van der Waals surface area contributed by atoms with Crippen molar-refractivity contribution >= 4 is 16.7 Å². The summed E-state index contributed by atoms with van der Waals surface area (Å²) >= 11 is 0. The summed E-state index contributed by atoms with van der Waals surface area (Å²) in [4.78, 5) is 0. The van der Waals surface area contributed by atoms with Gasteiger partial charge in [0.25, 0.3) is 0 Å². The predicted molar refractivity (Wildman–Crippen MR) is 244 cm³/mol. The maximum absolute atomic E-state index is 2.71. The zero-order valence-electron chi connectivity index (χ0n) is 35.5. The molecule has 288 valence electrons. The first-order valence-corrected chi connectivity index (χ1v) is 22.4. The molecule has 0 heterocycles. The van der Waals surface area contributed by atoms with Crippen molar-refractivity contribution in [1.29, 1.82) is 0 Å². The van der Waals surface area contributed by atoms with Gasteiger partial charge in [-0.15, -0.1) is 0 Å². The van der Waals surface area contributed by atoms with E-state index in [0.717, 1.165) is 32.1 Å². The molecule has 0 aromatic heterocycles. The van der Waals surface area contributed by atoms with E-state index in [2.05, 4.69) is 170 Å². The summed E-state index contributed by atoms with van der Waals surface area (Å²) in [6, 6.07) is 23.8. The molecule has 0 bridgehead atoms. The van der Waals surface area contributed by atoms with Crippen LogP contribution in [0.5, 0.6) is 0 Å². The van der Waals surface area contributed by atoms with Crippen molar-refractivity contribution in [3.63, 3.8) is 0 Å². The molecule has 5 atom stereocenters. The summed E-state index contributed by atoms with van der Waals surface area (Å²) in [5.74, 6) is 2.18. The van der Waals surface area contributed by atoms with Gasteiger partial charge < -0.3 is 0 Å². The van der Waals surface area contributed by atoms with Crippen LogP contribution < -0.4 is 0 Å². The van der Waals surface area contributed by atoms with E-state index in [1.54, 1.807) is 50.1 Å². The standard InChI is InChI=1S/C58H56/c1-33-16-18-34(19-17-33)35-20-23-40-43(26-35)47-30-39(37-22-25-51-45(28-37)42-13-9-11-15-49(42)57(51,4)5)32-53-55(47)54-46(40)29-38(31-52(54)58(53,6)7)36-21-24-50-44(27-36)41-12-8-10-14-48(41)56(50,2)3/h8-16,18-21,23-24,26,28-31,33,40,43-44,53H,17,22,25,27,32H2,1-7H3. The molecule has 0 fully saturated rings. The van der Waals surface area contributed by atoms with E-state index in [9.17, 15) is 0 Å². The van der Waals surface area contributed by atoms with E-state index in [0.29, 0.717) is 29.6 Å². The lowest BCUT2D eigenvalue weighted by molar-refractivity contribution is 0.405. The molecule has 0 nitrogen and oxygen atoms in total. The number of fused-ring (bicyclic) bond motifs is 8. The molecule has 58 heavy (non-hydrogen) atoms. The van der Waals surface area contributed by atoms with Crippen molar-refractivity contribution in [3.8, 4) is 0 Å². The minimum atomic E-state index is 0.0223. The summed E-state index contributed by atoms with van der Waals surface area (Å²) in [7, 11) is 0. The molecule has 0 aliphatic heterocycles. The third kappa shape index (κ3) is 4.64. The fourth-order valence-electron chi connectivity index (χ4n) is 13.4. The van der Waals surface area contributed by atoms with Crippen molar-refractivity contribution in [2.45, 2.75) is 109 Å². The molecule has 3 aromatic rings. The maximum Gasteiger partial charge on any atom is 0.0134 e. The quantitative estimate of drug-likeness (QED) is 0.250. The topological polar surface area (TPSA) is 0 Å². The van der Waals surface area contributed by atoms with Crippen LogP contribution >= 0.6 is 0 Å². The van der Waals surface area contributed by atoms with Gasteiger partial charge in [-0.05, 0) is 138 Å². The molecule has 0 spiro atoms. The Morgan fingerprint density at radius 1 is 0.655 bits per heavy atom. The summed E-state index contributed by atoms with van der Waals surface area (Å²) in [5.41, 5.74) is 27.8. The van der Waals surface area contributed by atoms with Crippen LogP contribution in [0.25, 0.3) is 16.7 Å². The Hall–Kier alpha value is -4.94. The minimum absolute atomic E-state index is 0.0223. The monoisotopic (exact) mass is 752 g/mol. The van der Waals surface area contributed by atoms with Crippen LogP contribution in [0.15, 0.2) is 160 Å². The van der Waals surface area contributed by atoms with Gasteiger partial charge in [0.05, 0.1) is 0 Å². The van der Waals surface area contributed by atoms with Crippen LogP contribution in [0.4, 0.5) is 0 Å². The fourth-order valence-corrected chi connectivity index (χ4v) is 13.4. The first-order chi connectivity index (χ1) is 27.9. The number of benzene rings is 3. The zero-order chi connectivity index (χ0) is 39.5. The summed E-state index contributed by atoms with van der Waals surface area (Å²) < 4.78 is 0. The SMILES string of the molecule is CC1C=CC(C2=CC3C4=C5c6c(cc(C7=CC=C8C(C7)c7ccccc7C8(C)C)cc6C(C)(C)C5CC(C5=CC6=C(CC5)C(C)(C)c5ccccc56)=C4)C3C=C2)=CC1. The molecule has 9 aliphatic rings. The summed E-state index contributed by atoms with van der Waals surface area (Å²) in [6.45, 7) is 17.2. The van der Waals surface area contributed by atoms with E-state index in [4.69, 9.17) is 0 Å². The second-order valence-electron chi connectivity index (χ2n) is 20.8. The van der Waals surface area contributed by atoms with Crippen molar-refractivity contribution in [2.75, 3.05) is 0 Å². The predicted octanol–water partition coefficient (Wildman–Crippen LogP) is 14.7. The van der Waals surface area contributed by atoms with Gasteiger partial charge in [0.2, 0.25) is 0 Å². The fraction of sp³-hybridized carbons (Fsp3) is 0.345. The Morgan fingerprint density at radius 3 is 2.28 bits per heavy atom. The molecule has 0 saturated carbocycles. The zero-order valence-corrected chi connectivity index (χ0v) is 35.5. The number of rotatable bonds is 3. The van der Waals surface area contributed by atoms with E-state index in [-0.39, 0.29) is 16.2 Å². The van der Waals surface area contributed by atoms with E-state index < -0.39 is 0 Å². The Labute approximate surface area is 346 Å². The van der Waals surface area contributed by atoms with E-state index in [1.807, 2.05) is 0 Å².